The molecule has 0 aliphatic rings. The number of benzene rings is 1. The van der Waals surface area contributed by atoms with Gasteiger partial charge in [-0.05, 0) is 12.1 Å². The van der Waals surface area contributed by atoms with Gasteiger partial charge >= 0.3 is 11.7 Å². The summed E-state index contributed by atoms with van der Waals surface area (Å²) >= 11 is 0. The maximum atomic E-state index is 11.3. The standard InChI is InChI=1S/C9H8N2O3/c1-10-9(13)11-7-5-3-2-4-6(7)8(12)14-11/h2-5H,1H3,(H,10,13). The fourth-order valence-corrected chi connectivity index (χ4v) is 1.26. The molecule has 0 aliphatic heterocycles. The van der Waals surface area contributed by atoms with Crippen LogP contribution in [0.2, 0.25) is 0 Å². The number of fused-ring (bicyclic) bond motifs is 1. The van der Waals surface area contributed by atoms with E-state index in [1.165, 1.54) is 7.05 Å². The summed E-state index contributed by atoms with van der Waals surface area (Å²) < 4.78 is 5.71. The van der Waals surface area contributed by atoms with Crippen LogP contribution in [0.5, 0.6) is 0 Å². The molecule has 0 bridgehead atoms. The summed E-state index contributed by atoms with van der Waals surface area (Å²) in [6.07, 6.45) is 0. The van der Waals surface area contributed by atoms with E-state index >= 15 is 0 Å². The molecule has 1 aromatic carbocycles. The van der Waals surface area contributed by atoms with Crippen molar-refractivity contribution >= 4 is 16.9 Å². The lowest BCUT2D eigenvalue weighted by Crippen LogP contribution is -2.23. The fraction of sp³-hybridized carbons (Fsp3) is 0.111. The van der Waals surface area contributed by atoms with Gasteiger partial charge in [-0.1, -0.05) is 12.1 Å². The molecule has 2 aromatic rings. The summed E-state index contributed by atoms with van der Waals surface area (Å²) in [5.41, 5.74) is -0.0407. The molecule has 72 valence electrons. The third-order valence-electron chi connectivity index (χ3n) is 1.92. The number of amides is 1. The predicted molar refractivity (Wildman–Crippen MR) is 50.3 cm³/mol. The first kappa shape index (κ1) is 8.55. The summed E-state index contributed by atoms with van der Waals surface area (Å²) in [4.78, 5) is 22.5. The molecule has 0 radical (unpaired) electrons. The van der Waals surface area contributed by atoms with Crippen LogP contribution in [0.4, 0.5) is 4.79 Å². The molecule has 0 saturated heterocycles. The van der Waals surface area contributed by atoms with Crippen molar-refractivity contribution in [3.05, 3.63) is 34.7 Å². The zero-order chi connectivity index (χ0) is 10.1. The van der Waals surface area contributed by atoms with Crippen molar-refractivity contribution in [1.82, 2.24) is 10.1 Å². The zero-order valence-corrected chi connectivity index (χ0v) is 7.48. The Morgan fingerprint density at radius 1 is 1.43 bits per heavy atom. The minimum absolute atomic E-state index is 0.399. The maximum absolute atomic E-state index is 11.3. The summed E-state index contributed by atoms with van der Waals surface area (Å²) in [6, 6.07) is 6.24. The Morgan fingerprint density at radius 2 is 2.14 bits per heavy atom. The Balaban J connectivity index is 2.79. The molecule has 14 heavy (non-hydrogen) atoms. The van der Waals surface area contributed by atoms with Crippen molar-refractivity contribution in [2.45, 2.75) is 0 Å². The number of nitrogens with one attached hydrogen (secondary N) is 1. The predicted octanol–water partition coefficient (Wildman–Crippen LogP) is 0.782. The van der Waals surface area contributed by atoms with Gasteiger partial charge in [0.15, 0.2) is 0 Å². The monoisotopic (exact) mass is 192 g/mol. The van der Waals surface area contributed by atoms with Gasteiger partial charge in [0, 0.05) is 7.05 Å². The highest BCUT2D eigenvalue weighted by Crippen LogP contribution is 2.09. The number of hydrogen-bond acceptors (Lipinski definition) is 3. The zero-order valence-electron chi connectivity index (χ0n) is 7.48. The SMILES string of the molecule is CNC(=O)n1oc(=O)c2ccccc21. The number of hydrogen-bond donors (Lipinski definition) is 1. The molecule has 2 rings (SSSR count). The number of rotatable bonds is 0. The van der Waals surface area contributed by atoms with E-state index in [0.717, 1.165) is 4.74 Å². The first-order valence-corrected chi connectivity index (χ1v) is 4.07. The molecular weight excluding hydrogens is 184 g/mol. The maximum Gasteiger partial charge on any atom is 0.366 e. The Bertz CT molecular complexity index is 538. The molecule has 0 unspecified atom stereocenters. The molecule has 1 N–H and O–H groups in total. The van der Waals surface area contributed by atoms with Crippen LogP contribution in [-0.2, 0) is 0 Å². The van der Waals surface area contributed by atoms with Crippen LogP contribution in [0, 0.1) is 0 Å². The summed E-state index contributed by atoms with van der Waals surface area (Å²) in [5.74, 6) is 0. The molecule has 5 heteroatoms. The first-order chi connectivity index (χ1) is 6.74. The van der Waals surface area contributed by atoms with Crippen molar-refractivity contribution in [3.63, 3.8) is 0 Å². The van der Waals surface area contributed by atoms with E-state index in [0.29, 0.717) is 10.9 Å². The molecule has 1 heterocycles. The van der Waals surface area contributed by atoms with Crippen LogP contribution in [0.25, 0.3) is 10.9 Å². The molecule has 0 aliphatic carbocycles. The van der Waals surface area contributed by atoms with Crippen molar-refractivity contribution < 1.29 is 9.32 Å². The lowest BCUT2D eigenvalue weighted by atomic mass is 10.2. The Labute approximate surface area is 78.9 Å². The Hall–Kier alpha value is -2.04. The summed E-state index contributed by atoms with van der Waals surface area (Å²) in [6.45, 7) is 0. The minimum atomic E-state index is -0.510. The van der Waals surface area contributed by atoms with E-state index in [2.05, 4.69) is 5.32 Å². The highest BCUT2D eigenvalue weighted by molar-refractivity contribution is 5.88. The van der Waals surface area contributed by atoms with E-state index in [-0.39, 0.29) is 0 Å². The molecule has 1 amide bonds. The quantitative estimate of drug-likeness (QED) is 0.670. The highest BCUT2D eigenvalue weighted by atomic mass is 16.5. The first-order valence-electron chi connectivity index (χ1n) is 4.07. The van der Waals surface area contributed by atoms with Crippen molar-refractivity contribution in [3.8, 4) is 0 Å². The van der Waals surface area contributed by atoms with Crippen molar-refractivity contribution in [2.75, 3.05) is 7.05 Å². The Kier molecular flexibility index (Phi) is 1.85. The van der Waals surface area contributed by atoms with Crippen LogP contribution < -0.4 is 10.9 Å². The molecule has 0 atom stereocenters. The van der Waals surface area contributed by atoms with Gasteiger partial charge in [0.2, 0.25) is 0 Å². The van der Waals surface area contributed by atoms with Gasteiger partial charge < -0.3 is 9.84 Å². The van der Waals surface area contributed by atoms with E-state index in [9.17, 15) is 9.59 Å². The number of carbonyl (C=O) groups excluding carboxylic acids is 1. The number of para-hydroxylation sites is 1. The van der Waals surface area contributed by atoms with E-state index in [1.807, 2.05) is 0 Å². The average molecular weight is 192 g/mol. The normalized spacial score (nSPS) is 10.4. The van der Waals surface area contributed by atoms with E-state index in [4.69, 9.17) is 4.52 Å². The van der Waals surface area contributed by atoms with Crippen LogP contribution in [0.3, 0.4) is 0 Å². The number of nitrogens with zero attached hydrogens (tertiary/aromatic N) is 1. The van der Waals surface area contributed by atoms with E-state index < -0.39 is 11.7 Å². The molecule has 5 nitrogen and oxygen atoms in total. The van der Waals surface area contributed by atoms with Crippen LogP contribution in [-0.4, -0.2) is 17.8 Å². The second-order valence-electron chi connectivity index (χ2n) is 2.75. The van der Waals surface area contributed by atoms with Gasteiger partial charge in [-0.15, -0.1) is 4.74 Å². The summed E-state index contributed by atoms with van der Waals surface area (Å²) in [7, 11) is 1.47. The number of aromatic nitrogens is 1. The third-order valence-corrected chi connectivity index (χ3v) is 1.92. The van der Waals surface area contributed by atoms with Crippen LogP contribution >= 0.6 is 0 Å². The van der Waals surface area contributed by atoms with Crippen LogP contribution in [0.1, 0.15) is 0 Å². The smallest absolute Gasteiger partial charge is 0.338 e. The van der Waals surface area contributed by atoms with Crippen molar-refractivity contribution in [1.29, 1.82) is 0 Å². The van der Waals surface area contributed by atoms with Gasteiger partial charge in [-0.3, -0.25) is 0 Å². The molecule has 0 saturated carbocycles. The van der Waals surface area contributed by atoms with E-state index in [1.54, 1.807) is 24.3 Å². The van der Waals surface area contributed by atoms with Gasteiger partial charge in [0.1, 0.15) is 5.52 Å². The largest absolute Gasteiger partial charge is 0.366 e. The second-order valence-corrected chi connectivity index (χ2v) is 2.75. The third kappa shape index (κ3) is 1.10. The fourth-order valence-electron chi connectivity index (χ4n) is 1.26. The molecule has 1 aromatic heterocycles. The minimum Gasteiger partial charge on any atom is -0.338 e. The van der Waals surface area contributed by atoms with Gasteiger partial charge in [-0.25, -0.2) is 9.59 Å². The average Bonchev–Trinajstić information content (AvgIpc) is 2.56. The number of carbonyl (C=O) groups is 1. The van der Waals surface area contributed by atoms with Crippen LogP contribution in [0.15, 0.2) is 33.6 Å². The lowest BCUT2D eigenvalue weighted by molar-refractivity contribution is 0.212. The summed E-state index contributed by atoms with van der Waals surface area (Å²) in [5, 5.41) is 2.78. The van der Waals surface area contributed by atoms with Gasteiger partial charge in [0.05, 0.1) is 5.39 Å². The lowest BCUT2D eigenvalue weighted by Gasteiger charge is -1.97. The molecule has 0 spiro atoms. The van der Waals surface area contributed by atoms with Gasteiger partial charge in [0.25, 0.3) is 0 Å². The molecule has 0 fully saturated rings. The molecular formula is C9H8N2O3. The Morgan fingerprint density at radius 3 is 2.86 bits per heavy atom. The van der Waals surface area contributed by atoms with Gasteiger partial charge in [-0.2, -0.15) is 0 Å². The van der Waals surface area contributed by atoms with Crippen molar-refractivity contribution in [2.24, 2.45) is 0 Å². The topological polar surface area (TPSA) is 64.2 Å². The highest BCUT2D eigenvalue weighted by Gasteiger charge is 2.12. The second kappa shape index (κ2) is 3.02.